The summed E-state index contributed by atoms with van der Waals surface area (Å²) in [6.07, 6.45) is 1.88. The predicted molar refractivity (Wildman–Crippen MR) is 116 cm³/mol. The lowest BCUT2D eigenvalue weighted by molar-refractivity contribution is -0.928. The summed E-state index contributed by atoms with van der Waals surface area (Å²) in [5.41, 5.74) is 0. The number of ether oxygens (including phenoxy) is 1. The van der Waals surface area contributed by atoms with Crippen molar-refractivity contribution in [2.75, 3.05) is 50.0 Å². The Morgan fingerprint density at radius 2 is 1.22 bits per heavy atom. The minimum absolute atomic E-state index is 0.00419. The number of esters is 1. The Morgan fingerprint density at radius 3 is 1.62 bits per heavy atom. The molecule has 0 atom stereocenters. The molecule has 0 aromatic heterocycles. The van der Waals surface area contributed by atoms with E-state index in [1.165, 1.54) is 0 Å². The summed E-state index contributed by atoms with van der Waals surface area (Å²) in [5.74, 6) is -2.17. The number of nitrogens with zero attached hydrogens (tertiary/aromatic N) is 1. The lowest BCUT2D eigenvalue weighted by Gasteiger charge is -2.39. The van der Waals surface area contributed by atoms with Gasteiger partial charge >= 0.3 is 5.97 Å². The summed E-state index contributed by atoms with van der Waals surface area (Å²) in [6.45, 7) is 2.88. The summed E-state index contributed by atoms with van der Waals surface area (Å²) in [5, 5.41) is 0. The Bertz CT molecular complexity index is 774. The van der Waals surface area contributed by atoms with Gasteiger partial charge in [0.05, 0.1) is 60.8 Å². The van der Waals surface area contributed by atoms with Gasteiger partial charge in [-0.2, -0.15) is 16.8 Å². The smallest absolute Gasteiger partial charge is 0.306 e. The molecule has 0 unspecified atom stereocenters. The second-order valence-corrected chi connectivity index (χ2v) is 12.5. The highest BCUT2D eigenvalue weighted by Crippen LogP contribution is 2.16. The van der Waals surface area contributed by atoms with Crippen LogP contribution in [0.25, 0.3) is 0 Å². The molecular formula is C17H35NO11S3. The van der Waals surface area contributed by atoms with E-state index in [0.29, 0.717) is 13.0 Å². The lowest BCUT2D eigenvalue weighted by Crippen LogP contribution is -2.52. The Kier molecular flexibility index (Phi) is 14.0. The van der Waals surface area contributed by atoms with Crippen LogP contribution in [0, 0.1) is 0 Å². The first kappa shape index (κ1) is 31.2. The van der Waals surface area contributed by atoms with Crippen LogP contribution in [-0.2, 0) is 39.9 Å². The van der Waals surface area contributed by atoms with Crippen LogP contribution in [0.3, 0.4) is 0 Å². The molecule has 0 bridgehead atoms. The molecule has 192 valence electrons. The third-order valence-corrected chi connectivity index (χ3v) is 7.27. The van der Waals surface area contributed by atoms with Crippen LogP contribution in [0.2, 0.25) is 0 Å². The van der Waals surface area contributed by atoms with Crippen molar-refractivity contribution in [3.63, 3.8) is 0 Å². The normalized spacial score (nSPS) is 13.2. The Hall–Kier alpha value is -0.840. The molecule has 0 aliphatic rings. The van der Waals surface area contributed by atoms with E-state index >= 15 is 0 Å². The number of hydrogen-bond acceptors (Lipinski definition) is 9. The third kappa shape index (κ3) is 18.7. The number of rotatable bonds is 19. The molecule has 0 amide bonds. The van der Waals surface area contributed by atoms with Gasteiger partial charge in [-0.15, -0.1) is 0 Å². The van der Waals surface area contributed by atoms with Crippen molar-refractivity contribution >= 4 is 36.3 Å². The van der Waals surface area contributed by atoms with Crippen LogP contribution < -0.4 is 0 Å². The first-order valence-electron chi connectivity index (χ1n) is 10.4. The zero-order chi connectivity index (χ0) is 24.9. The summed E-state index contributed by atoms with van der Waals surface area (Å²) >= 11 is 0. The van der Waals surface area contributed by atoms with Gasteiger partial charge in [-0.05, 0) is 6.42 Å². The molecule has 0 fully saturated rings. The molecule has 0 aliphatic heterocycles. The fourth-order valence-electron chi connectivity index (χ4n) is 3.37. The minimum atomic E-state index is -4.49. The quantitative estimate of drug-likeness (QED) is 0.103. The van der Waals surface area contributed by atoms with Gasteiger partial charge in [-0.1, -0.05) is 13.3 Å². The maximum atomic E-state index is 11.9. The van der Waals surface area contributed by atoms with E-state index in [1.807, 2.05) is 6.92 Å². The number of carbonyl (C=O) groups is 1. The SMILES string of the molecule is CCCCOC(=O)CCC[N+](CCCS(=O)(=O)[O-])(CCCS(=O)(=O)O)CCCS(=O)(=O)O. The maximum Gasteiger partial charge on any atom is 0.306 e. The van der Waals surface area contributed by atoms with Crippen molar-refractivity contribution in [3.05, 3.63) is 0 Å². The van der Waals surface area contributed by atoms with E-state index in [0.717, 1.165) is 12.8 Å². The molecule has 15 heteroatoms. The molecule has 0 radical (unpaired) electrons. The topological polar surface area (TPSA) is 192 Å². The summed E-state index contributed by atoms with van der Waals surface area (Å²) in [4.78, 5) is 11.9. The summed E-state index contributed by atoms with van der Waals surface area (Å²) in [6, 6.07) is 0. The van der Waals surface area contributed by atoms with Gasteiger partial charge in [0.25, 0.3) is 20.2 Å². The highest BCUT2D eigenvalue weighted by atomic mass is 32.2. The van der Waals surface area contributed by atoms with E-state index in [2.05, 4.69) is 0 Å². The number of hydrogen-bond donors (Lipinski definition) is 2. The monoisotopic (exact) mass is 525 g/mol. The first-order valence-corrected chi connectivity index (χ1v) is 15.2. The Labute approximate surface area is 191 Å². The molecule has 0 aromatic rings. The van der Waals surface area contributed by atoms with E-state index in [-0.39, 0.29) is 56.3 Å². The van der Waals surface area contributed by atoms with Crippen molar-refractivity contribution in [3.8, 4) is 0 Å². The highest BCUT2D eigenvalue weighted by Gasteiger charge is 2.28. The molecule has 0 aliphatic carbocycles. The van der Waals surface area contributed by atoms with Crippen LogP contribution in [0.4, 0.5) is 0 Å². The molecule has 0 rings (SSSR count). The van der Waals surface area contributed by atoms with Gasteiger partial charge in [-0.3, -0.25) is 13.9 Å². The average Bonchev–Trinajstić information content (AvgIpc) is 2.58. The van der Waals surface area contributed by atoms with Crippen molar-refractivity contribution in [1.82, 2.24) is 0 Å². The van der Waals surface area contributed by atoms with Gasteiger partial charge in [0.15, 0.2) is 0 Å². The van der Waals surface area contributed by atoms with Gasteiger partial charge in [0.1, 0.15) is 0 Å². The molecule has 0 heterocycles. The number of quaternary nitrogens is 1. The van der Waals surface area contributed by atoms with Crippen LogP contribution in [0.15, 0.2) is 0 Å². The summed E-state index contributed by atoms with van der Waals surface area (Å²) in [7, 11) is -13.0. The maximum absolute atomic E-state index is 11.9. The van der Waals surface area contributed by atoms with Crippen LogP contribution in [0.5, 0.6) is 0 Å². The second kappa shape index (κ2) is 14.4. The molecule has 0 saturated carbocycles. The van der Waals surface area contributed by atoms with E-state index in [9.17, 15) is 34.6 Å². The van der Waals surface area contributed by atoms with Crippen LogP contribution in [0.1, 0.15) is 51.9 Å². The van der Waals surface area contributed by atoms with E-state index in [1.54, 1.807) is 0 Å². The molecule has 0 aromatic carbocycles. The highest BCUT2D eigenvalue weighted by molar-refractivity contribution is 7.86. The number of carbonyl (C=O) groups excluding carboxylic acids is 1. The van der Waals surface area contributed by atoms with Gasteiger partial charge in [0, 0.05) is 31.4 Å². The zero-order valence-electron chi connectivity index (χ0n) is 18.3. The third-order valence-electron chi connectivity index (χ3n) is 4.87. The Morgan fingerprint density at radius 1 is 0.781 bits per heavy atom. The number of unbranched alkanes of at least 4 members (excludes halogenated alkanes) is 1. The van der Waals surface area contributed by atoms with Crippen LogP contribution >= 0.6 is 0 Å². The van der Waals surface area contributed by atoms with Gasteiger partial charge < -0.3 is 13.8 Å². The molecule has 0 saturated heterocycles. The molecule has 32 heavy (non-hydrogen) atoms. The molecule has 2 N–H and O–H groups in total. The average molecular weight is 526 g/mol. The molecule has 12 nitrogen and oxygen atoms in total. The van der Waals surface area contributed by atoms with Gasteiger partial charge in [-0.25, -0.2) is 8.42 Å². The largest absolute Gasteiger partial charge is 0.748 e. The standard InChI is InChI=1S/C17H35NO11S3/c1-2-3-13-29-17(19)8-4-9-18(10-5-14-30(20,21)22,11-6-15-31(23,24)25)12-7-16-32(26,27)28/h2-16H2,1H3,(H2-,20,21,22,23,24,25,26,27,28). The van der Waals surface area contributed by atoms with Crippen molar-refractivity contribution in [1.29, 1.82) is 0 Å². The summed E-state index contributed by atoms with van der Waals surface area (Å²) < 4.78 is 100. The fourth-order valence-corrected chi connectivity index (χ4v) is 4.84. The Balaban J connectivity index is 5.33. The fraction of sp³-hybridized carbons (Fsp3) is 0.941. The van der Waals surface area contributed by atoms with Gasteiger partial charge in [0.2, 0.25) is 0 Å². The van der Waals surface area contributed by atoms with Crippen molar-refractivity contribution < 1.29 is 52.9 Å². The van der Waals surface area contributed by atoms with Crippen molar-refractivity contribution in [2.24, 2.45) is 0 Å². The van der Waals surface area contributed by atoms with Crippen LogP contribution in [-0.4, -0.2) is 99.4 Å². The minimum Gasteiger partial charge on any atom is -0.748 e. The van der Waals surface area contributed by atoms with Crippen molar-refractivity contribution in [2.45, 2.75) is 51.9 Å². The molecular weight excluding hydrogens is 490 g/mol. The predicted octanol–water partition coefficient (Wildman–Crippen LogP) is 0.418. The molecule has 0 spiro atoms. The second-order valence-electron chi connectivity index (χ2n) is 7.81. The zero-order valence-corrected chi connectivity index (χ0v) is 20.8. The lowest BCUT2D eigenvalue weighted by atomic mass is 10.2. The van der Waals surface area contributed by atoms with E-state index < -0.39 is 53.6 Å². The van der Waals surface area contributed by atoms with E-state index in [4.69, 9.17) is 13.8 Å². The first-order chi connectivity index (χ1) is 14.6.